The molecule has 0 aliphatic carbocycles. The topological polar surface area (TPSA) is 69.7 Å². The molecule has 6 nitrogen and oxygen atoms in total. The molecule has 0 aromatic heterocycles. The van der Waals surface area contributed by atoms with Gasteiger partial charge in [0.2, 0.25) is 10.0 Å². The standard InChI is InChI=1S/C24H33N3O3S/c1-17-9-10-18(2)21(15-17)19(3)25-24(28)22-16-20(31(29,30)26(4)5)11-12-23(22)27-13-7-6-8-14-27/h9-12,15-16,19H,6-8,13-14H2,1-5H3,(H,25,28). The largest absolute Gasteiger partial charge is 0.371 e. The Morgan fingerprint density at radius 2 is 1.71 bits per heavy atom. The van der Waals surface area contributed by atoms with Gasteiger partial charge in [0.1, 0.15) is 0 Å². The van der Waals surface area contributed by atoms with E-state index < -0.39 is 10.0 Å². The monoisotopic (exact) mass is 443 g/mol. The average molecular weight is 444 g/mol. The summed E-state index contributed by atoms with van der Waals surface area (Å²) in [7, 11) is -0.646. The maximum absolute atomic E-state index is 13.4. The van der Waals surface area contributed by atoms with Crippen molar-refractivity contribution in [3.63, 3.8) is 0 Å². The van der Waals surface area contributed by atoms with Gasteiger partial charge in [-0.3, -0.25) is 4.79 Å². The normalized spacial score (nSPS) is 15.7. The summed E-state index contributed by atoms with van der Waals surface area (Å²) in [6, 6.07) is 10.9. The number of piperidine rings is 1. The lowest BCUT2D eigenvalue weighted by molar-refractivity contribution is 0.0940. The minimum Gasteiger partial charge on any atom is -0.371 e. The highest BCUT2D eigenvalue weighted by molar-refractivity contribution is 7.89. The number of benzene rings is 2. The zero-order chi connectivity index (χ0) is 22.8. The maximum Gasteiger partial charge on any atom is 0.253 e. The smallest absolute Gasteiger partial charge is 0.253 e. The molecule has 2 aromatic rings. The summed E-state index contributed by atoms with van der Waals surface area (Å²) >= 11 is 0. The van der Waals surface area contributed by atoms with E-state index in [4.69, 9.17) is 0 Å². The zero-order valence-electron chi connectivity index (χ0n) is 19.1. The van der Waals surface area contributed by atoms with E-state index in [2.05, 4.69) is 28.4 Å². The molecular weight excluding hydrogens is 410 g/mol. The number of aryl methyl sites for hydroxylation is 2. The van der Waals surface area contributed by atoms with Crippen molar-refractivity contribution in [1.82, 2.24) is 9.62 Å². The van der Waals surface area contributed by atoms with E-state index in [1.165, 1.54) is 30.9 Å². The van der Waals surface area contributed by atoms with Crippen LogP contribution in [0.1, 0.15) is 59.3 Å². The lowest BCUT2D eigenvalue weighted by Gasteiger charge is -2.31. The molecule has 1 unspecified atom stereocenters. The molecule has 2 aromatic carbocycles. The van der Waals surface area contributed by atoms with Crippen molar-refractivity contribution in [2.75, 3.05) is 32.1 Å². The number of carbonyl (C=O) groups is 1. The fourth-order valence-electron chi connectivity index (χ4n) is 4.06. The lowest BCUT2D eigenvalue weighted by atomic mass is 9.99. The van der Waals surface area contributed by atoms with Crippen LogP contribution in [-0.4, -0.2) is 45.8 Å². The van der Waals surface area contributed by atoms with Crippen LogP contribution in [0.5, 0.6) is 0 Å². The van der Waals surface area contributed by atoms with E-state index in [-0.39, 0.29) is 16.8 Å². The van der Waals surface area contributed by atoms with Crippen LogP contribution in [0.4, 0.5) is 5.69 Å². The van der Waals surface area contributed by atoms with Gasteiger partial charge in [-0.05, 0) is 69.4 Å². The van der Waals surface area contributed by atoms with Crippen molar-refractivity contribution < 1.29 is 13.2 Å². The van der Waals surface area contributed by atoms with Crippen LogP contribution in [0.2, 0.25) is 0 Å². The first kappa shape index (κ1) is 23.3. The third kappa shape index (κ3) is 5.10. The van der Waals surface area contributed by atoms with Crippen LogP contribution in [0.3, 0.4) is 0 Å². The molecule has 31 heavy (non-hydrogen) atoms. The fraction of sp³-hybridized carbons (Fsp3) is 0.458. The first-order chi connectivity index (χ1) is 14.6. The number of rotatable bonds is 6. The predicted molar refractivity (Wildman–Crippen MR) is 125 cm³/mol. The molecule has 7 heteroatoms. The van der Waals surface area contributed by atoms with Gasteiger partial charge in [0, 0.05) is 32.9 Å². The number of nitrogens with one attached hydrogen (secondary N) is 1. The van der Waals surface area contributed by atoms with Crippen LogP contribution in [-0.2, 0) is 10.0 Å². The van der Waals surface area contributed by atoms with E-state index in [0.717, 1.165) is 48.3 Å². The molecule has 1 amide bonds. The molecule has 168 valence electrons. The zero-order valence-corrected chi connectivity index (χ0v) is 19.9. The number of nitrogens with zero attached hydrogens (tertiary/aromatic N) is 2. The van der Waals surface area contributed by atoms with Crippen LogP contribution < -0.4 is 10.2 Å². The minimum atomic E-state index is -3.64. The Kier molecular flexibility index (Phi) is 7.06. The van der Waals surface area contributed by atoms with Crippen molar-refractivity contribution in [2.45, 2.75) is 51.0 Å². The molecule has 1 saturated heterocycles. The van der Waals surface area contributed by atoms with Crippen molar-refractivity contribution in [3.05, 3.63) is 58.7 Å². The van der Waals surface area contributed by atoms with Crippen LogP contribution >= 0.6 is 0 Å². The number of hydrogen-bond donors (Lipinski definition) is 1. The number of sulfonamides is 1. The molecule has 3 rings (SSSR count). The van der Waals surface area contributed by atoms with Crippen molar-refractivity contribution in [1.29, 1.82) is 0 Å². The molecule has 1 aliphatic rings. The second-order valence-corrected chi connectivity index (χ2v) is 10.7. The molecule has 1 aliphatic heterocycles. The predicted octanol–water partition coefficient (Wildman–Crippen LogP) is 4.04. The Labute approximate surface area is 186 Å². The Morgan fingerprint density at radius 1 is 1.03 bits per heavy atom. The second-order valence-electron chi connectivity index (χ2n) is 8.57. The first-order valence-electron chi connectivity index (χ1n) is 10.8. The molecule has 1 N–H and O–H groups in total. The van der Waals surface area contributed by atoms with E-state index in [1.807, 2.05) is 20.8 Å². The molecule has 0 radical (unpaired) electrons. The third-order valence-electron chi connectivity index (χ3n) is 5.94. The van der Waals surface area contributed by atoms with Gasteiger partial charge in [0.05, 0.1) is 16.5 Å². The molecule has 0 bridgehead atoms. The van der Waals surface area contributed by atoms with Crippen molar-refractivity contribution in [2.24, 2.45) is 0 Å². The van der Waals surface area contributed by atoms with Crippen LogP contribution in [0.25, 0.3) is 0 Å². The molecule has 1 atom stereocenters. The maximum atomic E-state index is 13.4. The van der Waals surface area contributed by atoms with Gasteiger partial charge in [0.15, 0.2) is 0 Å². The minimum absolute atomic E-state index is 0.128. The summed E-state index contributed by atoms with van der Waals surface area (Å²) in [5, 5.41) is 3.09. The molecule has 0 saturated carbocycles. The lowest BCUT2D eigenvalue weighted by Crippen LogP contribution is -2.34. The number of anilines is 1. The Bertz CT molecular complexity index is 1060. The number of carbonyl (C=O) groups excluding carboxylic acids is 1. The molecule has 1 heterocycles. The Morgan fingerprint density at radius 3 is 2.35 bits per heavy atom. The van der Waals surface area contributed by atoms with Gasteiger partial charge in [-0.1, -0.05) is 23.8 Å². The number of amides is 1. The third-order valence-corrected chi connectivity index (χ3v) is 7.75. The van der Waals surface area contributed by atoms with Crippen LogP contribution in [0, 0.1) is 13.8 Å². The van der Waals surface area contributed by atoms with E-state index in [0.29, 0.717) is 5.56 Å². The van der Waals surface area contributed by atoms with Crippen molar-refractivity contribution >= 4 is 21.6 Å². The summed E-state index contributed by atoms with van der Waals surface area (Å²) in [6.07, 6.45) is 3.31. The van der Waals surface area contributed by atoms with Gasteiger partial charge >= 0.3 is 0 Å². The highest BCUT2D eigenvalue weighted by Crippen LogP contribution is 2.29. The summed E-state index contributed by atoms with van der Waals surface area (Å²) in [6.45, 7) is 7.75. The quantitative estimate of drug-likeness (QED) is 0.732. The van der Waals surface area contributed by atoms with E-state index in [9.17, 15) is 13.2 Å². The molecular formula is C24H33N3O3S. The summed E-state index contributed by atoms with van der Waals surface area (Å²) in [4.78, 5) is 15.7. The summed E-state index contributed by atoms with van der Waals surface area (Å²) in [5.74, 6) is -0.259. The van der Waals surface area contributed by atoms with E-state index >= 15 is 0 Å². The Balaban J connectivity index is 1.99. The van der Waals surface area contributed by atoms with Gasteiger partial charge in [-0.25, -0.2) is 12.7 Å². The van der Waals surface area contributed by atoms with E-state index in [1.54, 1.807) is 12.1 Å². The second kappa shape index (κ2) is 9.40. The fourth-order valence-corrected chi connectivity index (χ4v) is 4.99. The summed E-state index contributed by atoms with van der Waals surface area (Å²) in [5.41, 5.74) is 4.50. The highest BCUT2D eigenvalue weighted by Gasteiger charge is 2.25. The molecule has 0 spiro atoms. The average Bonchev–Trinajstić information content (AvgIpc) is 2.75. The Hall–Kier alpha value is -2.38. The van der Waals surface area contributed by atoms with Gasteiger partial charge in [-0.2, -0.15) is 0 Å². The van der Waals surface area contributed by atoms with Gasteiger partial charge in [-0.15, -0.1) is 0 Å². The van der Waals surface area contributed by atoms with Crippen molar-refractivity contribution in [3.8, 4) is 0 Å². The summed E-state index contributed by atoms with van der Waals surface area (Å²) < 4.78 is 26.6. The highest BCUT2D eigenvalue weighted by atomic mass is 32.2. The van der Waals surface area contributed by atoms with Crippen LogP contribution in [0.15, 0.2) is 41.3 Å². The molecule has 1 fully saturated rings. The van der Waals surface area contributed by atoms with Gasteiger partial charge in [0.25, 0.3) is 5.91 Å². The van der Waals surface area contributed by atoms with Gasteiger partial charge < -0.3 is 10.2 Å². The number of hydrogen-bond acceptors (Lipinski definition) is 4. The SMILES string of the molecule is Cc1ccc(C)c(C(C)NC(=O)c2cc(S(=O)(=O)N(C)C)ccc2N2CCCCC2)c1. The first-order valence-corrected chi connectivity index (χ1v) is 12.2.